The van der Waals surface area contributed by atoms with Gasteiger partial charge in [0.05, 0.1) is 17.7 Å². The molecular weight excluding hydrogens is 493 g/mol. The Morgan fingerprint density at radius 1 is 1.06 bits per heavy atom. The van der Waals surface area contributed by atoms with Gasteiger partial charge >= 0.3 is 0 Å². The number of piperazine rings is 1. The molecule has 1 fully saturated rings. The minimum atomic E-state index is -3.60. The largest absolute Gasteiger partial charge is 0.497 e. The maximum atomic E-state index is 14.2. The lowest BCUT2D eigenvalue weighted by Crippen LogP contribution is -2.48. The second-order valence-electron chi connectivity index (χ2n) is 8.02. The van der Waals surface area contributed by atoms with Crippen molar-refractivity contribution in [1.82, 2.24) is 23.8 Å². The van der Waals surface area contributed by atoms with Crippen molar-refractivity contribution in [1.29, 1.82) is 0 Å². The third kappa shape index (κ3) is 4.69. The Balaban J connectivity index is 1.29. The summed E-state index contributed by atoms with van der Waals surface area (Å²) in [7, 11) is -2.07. The third-order valence-corrected chi connectivity index (χ3v) is 8.67. The van der Waals surface area contributed by atoms with Gasteiger partial charge in [0.15, 0.2) is 5.01 Å². The number of hydrogen-bond acceptors (Lipinski definition) is 8. The predicted molar refractivity (Wildman–Crippen MR) is 130 cm³/mol. The second-order valence-corrected chi connectivity index (χ2v) is 10.9. The highest BCUT2D eigenvalue weighted by atomic mass is 32.2. The summed E-state index contributed by atoms with van der Waals surface area (Å²) >= 11 is 1.14. The summed E-state index contributed by atoms with van der Waals surface area (Å²) in [5, 5.41) is 4.61. The van der Waals surface area contributed by atoms with E-state index in [0.29, 0.717) is 59.7 Å². The van der Waals surface area contributed by atoms with Crippen LogP contribution in [0.2, 0.25) is 0 Å². The standard InChI is InChI=1S/C23H22FN5O4S2/c1-33-17-6-8-18(9-7-17)35(31,32)28-12-10-27(11-13-28)15-16-14-21(30)29-23(25-16)34-22(26-29)19-4-2-3-5-20(19)24/h2-9,14H,10-13,15H2,1H3. The molecule has 2 aromatic heterocycles. The van der Waals surface area contributed by atoms with Gasteiger partial charge in [-0.05, 0) is 36.4 Å². The molecule has 1 aliphatic rings. The Kier molecular flexibility index (Phi) is 6.36. The number of hydrogen-bond donors (Lipinski definition) is 0. The van der Waals surface area contributed by atoms with Gasteiger partial charge in [-0.2, -0.15) is 13.9 Å². The second kappa shape index (κ2) is 9.46. The van der Waals surface area contributed by atoms with Gasteiger partial charge in [-0.15, -0.1) is 0 Å². The molecule has 1 saturated heterocycles. The molecular formula is C23H22FN5O4S2. The number of nitrogens with zero attached hydrogens (tertiary/aromatic N) is 5. The molecule has 12 heteroatoms. The lowest BCUT2D eigenvalue weighted by molar-refractivity contribution is 0.180. The lowest BCUT2D eigenvalue weighted by atomic mass is 10.2. The first-order valence-corrected chi connectivity index (χ1v) is 13.1. The SMILES string of the molecule is COc1ccc(S(=O)(=O)N2CCN(Cc3cc(=O)n4nc(-c5ccccc5F)sc4n3)CC2)cc1. The van der Waals surface area contributed by atoms with Gasteiger partial charge in [0.1, 0.15) is 11.6 Å². The van der Waals surface area contributed by atoms with E-state index in [4.69, 9.17) is 4.74 Å². The van der Waals surface area contributed by atoms with Gasteiger partial charge in [0.25, 0.3) is 5.56 Å². The van der Waals surface area contributed by atoms with Gasteiger partial charge in [0.2, 0.25) is 15.0 Å². The van der Waals surface area contributed by atoms with Crippen LogP contribution >= 0.6 is 11.3 Å². The van der Waals surface area contributed by atoms with Crippen LogP contribution in [0.15, 0.2) is 64.3 Å². The maximum Gasteiger partial charge on any atom is 0.275 e. The molecule has 0 aliphatic carbocycles. The summed E-state index contributed by atoms with van der Waals surface area (Å²) in [4.78, 5) is 19.8. The van der Waals surface area contributed by atoms with Crippen LogP contribution in [0.5, 0.6) is 5.75 Å². The van der Waals surface area contributed by atoms with E-state index >= 15 is 0 Å². The molecule has 35 heavy (non-hydrogen) atoms. The fourth-order valence-electron chi connectivity index (χ4n) is 3.93. The van der Waals surface area contributed by atoms with Gasteiger partial charge in [0, 0.05) is 44.4 Å². The van der Waals surface area contributed by atoms with E-state index in [1.165, 1.54) is 40.2 Å². The van der Waals surface area contributed by atoms with E-state index in [1.807, 2.05) is 0 Å². The molecule has 0 atom stereocenters. The van der Waals surface area contributed by atoms with Gasteiger partial charge in [-0.3, -0.25) is 9.69 Å². The molecule has 0 bridgehead atoms. The van der Waals surface area contributed by atoms with E-state index < -0.39 is 15.8 Å². The maximum absolute atomic E-state index is 14.2. The van der Waals surface area contributed by atoms with Crippen molar-refractivity contribution in [3.05, 3.63) is 76.5 Å². The summed E-state index contributed by atoms with van der Waals surface area (Å²) in [5.41, 5.74) is 0.535. The van der Waals surface area contributed by atoms with E-state index in [-0.39, 0.29) is 10.5 Å². The van der Waals surface area contributed by atoms with Crippen molar-refractivity contribution < 1.29 is 17.5 Å². The fraction of sp³-hybridized carbons (Fsp3) is 0.261. The van der Waals surface area contributed by atoms with Crippen molar-refractivity contribution in [2.24, 2.45) is 0 Å². The van der Waals surface area contributed by atoms with Gasteiger partial charge in [-0.1, -0.05) is 23.5 Å². The molecule has 182 valence electrons. The first-order chi connectivity index (χ1) is 16.8. The van der Waals surface area contributed by atoms with Crippen molar-refractivity contribution in [3.8, 4) is 16.3 Å². The Bertz CT molecular complexity index is 1530. The van der Waals surface area contributed by atoms with Crippen LogP contribution in [0.1, 0.15) is 5.69 Å². The molecule has 9 nitrogen and oxygen atoms in total. The average Bonchev–Trinajstić information content (AvgIpc) is 3.29. The van der Waals surface area contributed by atoms with E-state index in [0.717, 1.165) is 11.3 Å². The zero-order valence-corrected chi connectivity index (χ0v) is 20.4. The molecule has 1 aliphatic heterocycles. The number of ether oxygens (including phenoxy) is 1. The predicted octanol–water partition coefficient (Wildman–Crippen LogP) is 2.47. The zero-order valence-electron chi connectivity index (χ0n) is 18.8. The summed E-state index contributed by atoms with van der Waals surface area (Å²) in [6.45, 7) is 2.05. The van der Waals surface area contributed by atoms with Crippen molar-refractivity contribution in [2.75, 3.05) is 33.3 Å². The van der Waals surface area contributed by atoms with Crippen LogP contribution in [0.25, 0.3) is 15.5 Å². The average molecular weight is 516 g/mol. The quantitative estimate of drug-likeness (QED) is 0.389. The molecule has 3 heterocycles. The number of halogens is 1. The van der Waals surface area contributed by atoms with E-state index in [1.54, 1.807) is 30.3 Å². The van der Waals surface area contributed by atoms with E-state index in [2.05, 4.69) is 15.0 Å². The topological polar surface area (TPSA) is 97.1 Å². The monoisotopic (exact) mass is 515 g/mol. The van der Waals surface area contributed by atoms with E-state index in [9.17, 15) is 17.6 Å². The van der Waals surface area contributed by atoms with Gasteiger partial charge < -0.3 is 4.74 Å². The molecule has 0 amide bonds. The third-order valence-electron chi connectivity index (χ3n) is 5.82. The highest BCUT2D eigenvalue weighted by molar-refractivity contribution is 7.89. The molecule has 0 spiro atoms. The molecule has 0 unspecified atom stereocenters. The first kappa shape index (κ1) is 23.5. The molecule has 0 N–H and O–H groups in total. The highest BCUT2D eigenvalue weighted by Gasteiger charge is 2.28. The zero-order chi connectivity index (χ0) is 24.6. The van der Waals surface area contributed by atoms with Gasteiger partial charge in [-0.25, -0.2) is 17.8 Å². The Morgan fingerprint density at radius 2 is 1.77 bits per heavy atom. The fourth-order valence-corrected chi connectivity index (χ4v) is 6.31. The molecule has 0 radical (unpaired) electrons. The summed E-state index contributed by atoms with van der Waals surface area (Å²) in [6.07, 6.45) is 0. The smallest absolute Gasteiger partial charge is 0.275 e. The van der Waals surface area contributed by atoms with Crippen LogP contribution in [-0.2, 0) is 16.6 Å². The Morgan fingerprint density at radius 3 is 2.46 bits per heavy atom. The van der Waals surface area contributed by atoms with Crippen LogP contribution in [0, 0.1) is 5.82 Å². The van der Waals surface area contributed by atoms with Crippen LogP contribution in [0.3, 0.4) is 0 Å². The minimum Gasteiger partial charge on any atom is -0.497 e. The summed E-state index contributed by atoms with van der Waals surface area (Å²) in [5.74, 6) is 0.179. The molecule has 2 aromatic carbocycles. The summed E-state index contributed by atoms with van der Waals surface area (Å²) < 4.78 is 47.8. The Hall–Kier alpha value is -3.19. The van der Waals surface area contributed by atoms with Crippen LogP contribution in [-0.4, -0.2) is 65.5 Å². The number of aromatic nitrogens is 3. The number of fused-ring (bicyclic) bond motifs is 1. The van der Waals surface area contributed by atoms with Crippen molar-refractivity contribution >= 4 is 26.3 Å². The van der Waals surface area contributed by atoms with Crippen LogP contribution in [0.4, 0.5) is 4.39 Å². The molecule has 5 rings (SSSR count). The number of rotatable bonds is 6. The highest BCUT2D eigenvalue weighted by Crippen LogP contribution is 2.27. The Labute approximate surface area is 205 Å². The summed E-state index contributed by atoms with van der Waals surface area (Å²) in [6, 6.07) is 14.0. The first-order valence-electron chi connectivity index (χ1n) is 10.9. The normalized spacial score (nSPS) is 15.5. The molecule has 0 saturated carbocycles. The molecule has 4 aromatic rings. The lowest BCUT2D eigenvalue weighted by Gasteiger charge is -2.33. The van der Waals surface area contributed by atoms with Crippen LogP contribution < -0.4 is 10.3 Å². The van der Waals surface area contributed by atoms with Crippen molar-refractivity contribution in [3.63, 3.8) is 0 Å². The number of sulfonamides is 1. The number of benzene rings is 2. The minimum absolute atomic E-state index is 0.225. The number of methoxy groups -OCH3 is 1. The van der Waals surface area contributed by atoms with Crippen molar-refractivity contribution in [2.45, 2.75) is 11.4 Å².